The van der Waals surface area contributed by atoms with Gasteiger partial charge in [0.25, 0.3) is 26.8 Å². The first-order valence-corrected chi connectivity index (χ1v) is 35.0. The van der Waals surface area contributed by atoms with Crippen molar-refractivity contribution in [1.29, 1.82) is 0 Å². The Kier molecular flexibility index (Phi) is 20.9. The largest absolute Gasteiger partial charge is 0.543 e. The van der Waals surface area contributed by atoms with Crippen LogP contribution in [0, 0.1) is 20.8 Å². The highest BCUT2D eigenvalue weighted by Crippen LogP contribution is 2.42. The molecule has 11 heteroatoms. The van der Waals surface area contributed by atoms with Crippen molar-refractivity contribution in [3.05, 3.63) is 172 Å². The molecule has 0 unspecified atom stereocenters. The zero-order valence-electron chi connectivity index (χ0n) is 48.2. The lowest BCUT2D eigenvalue weighted by atomic mass is 10.0. The van der Waals surface area contributed by atoms with E-state index in [0.717, 1.165) is 126 Å². The number of nitrogens with zero attached hydrogens (tertiary/aromatic N) is 2. The van der Waals surface area contributed by atoms with Gasteiger partial charge in [-0.25, -0.2) is 0 Å². The Bertz CT molecular complexity index is 3090. The maximum absolute atomic E-state index is 12.3. The van der Waals surface area contributed by atoms with Gasteiger partial charge in [-0.05, 0) is 180 Å². The van der Waals surface area contributed by atoms with E-state index in [1.807, 2.05) is 13.0 Å². The van der Waals surface area contributed by atoms with Gasteiger partial charge in [0.2, 0.25) is 0 Å². The summed E-state index contributed by atoms with van der Waals surface area (Å²) in [5, 5.41) is 11.4. The molecule has 7 rings (SSSR count). The second-order valence-electron chi connectivity index (χ2n) is 23.9. The Morgan fingerprint density at radius 1 is 0.474 bits per heavy atom. The summed E-state index contributed by atoms with van der Waals surface area (Å²) in [6.07, 6.45) is 11.4. The van der Waals surface area contributed by atoms with Crippen LogP contribution in [0.4, 0.5) is 0 Å². The minimum absolute atomic E-state index is 0.113. The van der Waals surface area contributed by atoms with Crippen molar-refractivity contribution in [3.63, 3.8) is 0 Å². The number of hydrogen-bond donors (Lipinski definition) is 1. The molecule has 0 amide bonds. The van der Waals surface area contributed by atoms with Gasteiger partial charge in [0.15, 0.2) is 0 Å². The van der Waals surface area contributed by atoms with Gasteiger partial charge in [-0.2, -0.15) is 8.42 Å². The normalized spacial score (nSPS) is 12.4. The number of fused-ring (bicyclic) bond motifs is 2. The number of aliphatic hydroxyl groups is 1. The number of para-hydroxylation sites is 2. The molecule has 0 fully saturated rings. The maximum Gasteiger partial charge on any atom is 0.296 e. The van der Waals surface area contributed by atoms with Crippen LogP contribution in [0.25, 0.3) is 21.8 Å². The minimum Gasteiger partial charge on any atom is -0.543 e. The summed E-state index contributed by atoms with van der Waals surface area (Å²) in [4.78, 5) is 10.3. The summed E-state index contributed by atoms with van der Waals surface area (Å²) in [5.74, 6) is 2.03. The Balaban J connectivity index is 0.000000255. The van der Waals surface area contributed by atoms with E-state index in [-0.39, 0.29) is 21.6 Å². The fourth-order valence-electron chi connectivity index (χ4n) is 8.66. The van der Waals surface area contributed by atoms with Crippen LogP contribution in [-0.4, -0.2) is 53.3 Å². The number of pyridine rings is 2. The highest BCUT2D eigenvalue weighted by molar-refractivity contribution is 7.86. The predicted molar refractivity (Wildman–Crippen MR) is 323 cm³/mol. The SMILES string of the molecule is Cc1c(CCc2ccc(CCCCCO)cc2)nc2ccccc2c1O[Si](C)(C)C(C)(C)C.Cc1ccc(S(=O)(=O)OCCCCCc2ccc(CCc3nc4ccccc4c(O[Si](C)(C)C(C)(C)C)c3C)cc2)cc1. The maximum atomic E-state index is 12.3. The van der Waals surface area contributed by atoms with Gasteiger partial charge in [-0.3, -0.25) is 14.2 Å². The quantitative estimate of drug-likeness (QED) is 0.0383. The molecule has 0 aliphatic rings. The molecule has 76 heavy (non-hydrogen) atoms. The Morgan fingerprint density at radius 2 is 0.855 bits per heavy atom. The van der Waals surface area contributed by atoms with Gasteiger partial charge in [-0.15, -0.1) is 0 Å². The second kappa shape index (κ2) is 26.4. The monoisotopic (exact) mass is 1080 g/mol. The van der Waals surface area contributed by atoms with Crippen LogP contribution in [-0.2, 0) is 52.8 Å². The van der Waals surface area contributed by atoms with Crippen molar-refractivity contribution in [1.82, 2.24) is 9.97 Å². The smallest absolute Gasteiger partial charge is 0.296 e. The standard InChI is InChI=1S/C36H47NO4SSi.C29H41NO2Si/c1-27-16-23-31(24-17-27)42(38,39)40-26-12-8-9-13-29-18-20-30(21-19-29)22-25-33-28(2)35(41-43(6,7)36(3,4)5)32-14-10-11-15-34(32)37-33;1-22-26(20-19-24-17-15-23(16-18-24)12-8-7-11-21-31)30-27-14-10-9-13-25(27)28(22)32-33(5,6)29(2,3)4/h10-11,14-21,23-24H,8-9,12-13,22,25-26H2,1-7H3;9-10,13-18,31H,7-8,11-12,19-21H2,1-6H3. The molecular formula is C65H88N2O6SSi2. The van der Waals surface area contributed by atoms with Crippen LogP contribution in [0.5, 0.6) is 11.5 Å². The zero-order chi connectivity index (χ0) is 55.3. The number of benzene rings is 5. The van der Waals surface area contributed by atoms with Gasteiger partial charge in [0.05, 0.1) is 22.5 Å². The van der Waals surface area contributed by atoms with E-state index in [2.05, 4.69) is 173 Å². The lowest BCUT2D eigenvalue weighted by Crippen LogP contribution is -2.44. The predicted octanol–water partition coefficient (Wildman–Crippen LogP) is 16.6. The van der Waals surface area contributed by atoms with Crippen LogP contribution in [0.3, 0.4) is 0 Å². The molecule has 2 heterocycles. The second-order valence-corrected chi connectivity index (χ2v) is 34.9. The summed E-state index contributed by atoms with van der Waals surface area (Å²) < 4.78 is 43.6. The first-order chi connectivity index (χ1) is 35.9. The third-order valence-electron chi connectivity index (χ3n) is 15.8. The topological polar surface area (TPSA) is 108 Å². The summed E-state index contributed by atoms with van der Waals surface area (Å²) in [7, 11) is -7.67. The van der Waals surface area contributed by atoms with Gasteiger partial charge in [0, 0.05) is 39.9 Å². The average Bonchev–Trinajstić information content (AvgIpc) is 3.37. The van der Waals surface area contributed by atoms with Crippen molar-refractivity contribution in [3.8, 4) is 11.5 Å². The van der Waals surface area contributed by atoms with Gasteiger partial charge in [0.1, 0.15) is 11.5 Å². The number of aryl methyl sites for hydroxylation is 7. The van der Waals surface area contributed by atoms with Crippen molar-refractivity contribution >= 4 is 48.6 Å². The van der Waals surface area contributed by atoms with E-state index in [4.69, 9.17) is 28.1 Å². The molecule has 0 aliphatic carbocycles. The molecule has 0 spiro atoms. The Hall–Kier alpha value is -5.18. The molecule has 0 saturated carbocycles. The molecule has 0 saturated heterocycles. The fraction of sp³-hybridized carbons (Fsp3) is 0.446. The molecule has 0 radical (unpaired) electrons. The Morgan fingerprint density at radius 3 is 1.25 bits per heavy atom. The van der Waals surface area contributed by atoms with Crippen LogP contribution < -0.4 is 8.85 Å². The molecule has 7 aromatic rings. The average molecular weight is 1080 g/mol. The molecule has 8 nitrogen and oxygen atoms in total. The van der Waals surface area contributed by atoms with Crippen LogP contribution in [0.1, 0.15) is 130 Å². The van der Waals surface area contributed by atoms with E-state index >= 15 is 0 Å². The Labute approximate surface area is 459 Å². The van der Waals surface area contributed by atoms with E-state index in [9.17, 15) is 8.42 Å². The van der Waals surface area contributed by atoms with E-state index in [1.54, 1.807) is 24.3 Å². The van der Waals surface area contributed by atoms with E-state index in [0.29, 0.717) is 13.0 Å². The molecule has 0 aliphatic heterocycles. The molecule has 0 atom stereocenters. The van der Waals surface area contributed by atoms with Gasteiger partial charge in [-0.1, -0.05) is 145 Å². The number of unbranched alkanes of at least 4 members (excludes halogenated alkanes) is 4. The highest BCUT2D eigenvalue weighted by Gasteiger charge is 2.41. The highest BCUT2D eigenvalue weighted by atomic mass is 32.2. The van der Waals surface area contributed by atoms with Crippen molar-refractivity contribution in [2.75, 3.05) is 13.2 Å². The number of rotatable bonds is 23. The number of hydrogen-bond acceptors (Lipinski definition) is 8. The molecular weight excluding hydrogens is 993 g/mol. The summed E-state index contributed by atoms with van der Waals surface area (Å²) in [6.45, 7) is 29.7. The third-order valence-corrected chi connectivity index (χ3v) is 25.8. The van der Waals surface area contributed by atoms with Crippen molar-refractivity contribution < 1.29 is 26.6 Å². The number of aliphatic hydroxyl groups excluding tert-OH is 1. The van der Waals surface area contributed by atoms with Crippen LogP contribution in [0.2, 0.25) is 36.3 Å². The molecule has 1 N–H and O–H groups in total. The number of aromatic nitrogens is 2. The lowest BCUT2D eigenvalue weighted by molar-refractivity contribution is 0.283. The lowest BCUT2D eigenvalue weighted by Gasteiger charge is -2.37. The van der Waals surface area contributed by atoms with Crippen molar-refractivity contribution in [2.45, 2.75) is 181 Å². The van der Waals surface area contributed by atoms with Gasteiger partial charge >= 0.3 is 0 Å². The molecule has 0 bridgehead atoms. The fourth-order valence-corrected chi connectivity index (χ4v) is 11.8. The van der Waals surface area contributed by atoms with E-state index in [1.165, 1.54) is 27.8 Å². The summed E-state index contributed by atoms with van der Waals surface area (Å²) in [6, 6.07) is 41.3. The first kappa shape index (κ1) is 60.1. The van der Waals surface area contributed by atoms with Crippen molar-refractivity contribution in [2.24, 2.45) is 0 Å². The summed E-state index contributed by atoms with van der Waals surface area (Å²) >= 11 is 0. The molecule has 2 aromatic heterocycles. The molecule has 5 aromatic carbocycles. The zero-order valence-corrected chi connectivity index (χ0v) is 51.1. The van der Waals surface area contributed by atoms with Gasteiger partial charge < -0.3 is 14.0 Å². The van der Waals surface area contributed by atoms with Crippen LogP contribution >= 0.6 is 0 Å². The third kappa shape index (κ3) is 16.4. The van der Waals surface area contributed by atoms with Crippen LogP contribution in [0.15, 0.2) is 126 Å². The summed E-state index contributed by atoms with van der Waals surface area (Å²) in [5.41, 5.74) is 12.9. The van der Waals surface area contributed by atoms with E-state index < -0.39 is 26.8 Å². The molecule has 408 valence electrons. The minimum atomic E-state index is -3.69. The first-order valence-electron chi connectivity index (χ1n) is 27.8.